The van der Waals surface area contributed by atoms with E-state index in [0.717, 1.165) is 36.3 Å². The van der Waals surface area contributed by atoms with Gasteiger partial charge in [0.25, 0.3) is 5.56 Å². The van der Waals surface area contributed by atoms with Crippen LogP contribution in [-0.4, -0.2) is 26.4 Å². The van der Waals surface area contributed by atoms with Gasteiger partial charge in [-0.05, 0) is 31.0 Å². The summed E-state index contributed by atoms with van der Waals surface area (Å²) in [5.41, 5.74) is 6.36. The highest BCUT2D eigenvalue weighted by atomic mass is 16.1. The predicted molar refractivity (Wildman–Crippen MR) is 111 cm³/mol. The second kappa shape index (κ2) is 6.77. The lowest BCUT2D eigenvalue weighted by atomic mass is 10.0. The molecule has 0 saturated heterocycles. The van der Waals surface area contributed by atoms with Gasteiger partial charge in [-0.1, -0.05) is 42.0 Å². The van der Waals surface area contributed by atoms with Crippen LogP contribution in [0.15, 0.2) is 59.5 Å². The van der Waals surface area contributed by atoms with E-state index < -0.39 is 0 Å². The summed E-state index contributed by atoms with van der Waals surface area (Å²) in [5, 5.41) is 1.27. The van der Waals surface area contributed by atoms with E-state index in [9.17, 15) is 4.79 Å². The fraction of sp³-hybridized carbons (Fsp3) is 0.217. The standard InChI is InChI=1S/C23H22N4O/c1-15-7-8-20-19(11-15)17(12-24-20)13-27-10-9-18-21(14-27)25-22(26-23(18)28)16-5-3-2-4-6-16/h2-8,11-12,24H,9-10,13-14H2,1H3,(H,25,26,28). The van der Waals surface area contributed by atoms with E-state index >= 15 is 0 Å². The van der Waals surface area contributed by atoms with Gasteiger partial charge in [0.1, 0.15) is 5.82 Å². The first-order valence-corrected chi connectivity index (χ1v) is 9.64. The van der Waals surface area contributed by atoms with Gasteiger partial charge in [-0.2, -0.15) is 0 Å². The molecule has 140 valence electrons. The van der Waals surface area contributed by atoms with Crippen molar-refractivity contribution in [3.63, 3.8) is 0 Å². The Morgan fingerprint density at radius 2 is 2.00 bits per heavy atom. The van der Waals surface area contributed by atoms with Crippen LogP contribution < -0.4 is 5.56 Å². The SMILES string of the molecule is Cc1ccc2[nH]cc(CN3CCc4c(nc(-c5ccccc5)[nH]c4=O)C3)c2c1. The summed E-state index contributed by atoms with van der Waals surface area (Å²) < 4.78 is 0. The van der Waals surface area contributed by atoms with E-state index in [1.54, 1.807) is 0 Å². The van der Waals surface area contributed by atoms with Crippen LogP contribution >= 0.6 is 0 Å². The van der Waals surface area contributed by atoms with Gasteiger partial charge in [0, 0.05) is 47.9 Å². The average Bonchev–Trinajstić information content (AvgIpc) is 3.10. The minimum absolute atomic E-state index is 0.00813. The number of nitrogens with zero attached hydrogens (tertiary/aromatic N) is 2. The third-order valence-electron chi connectivity index (χ3n) is 5.52. The monoisotopic (exact) mass is 370 g/mol. The molecule has 4 aromatic rings. The molecular formula is C23H22N4O. The molecule has 0 aliphatic carbocycles. The van der Waals surface area contributed by atoms with Crippen LogP contribution in [0.4, 0.5) is 0 Å². The van der Waals surface area contributed by atoms with Crippen molar-refractivity contribution in [2.75, 3.05) is 6.54 Å². The molecule has 5 nitrogen and oxygen atoms in total. The van der Waals surface area contributed by atoms with Gasteiger partial charge in [0.05, 0.1) is 5.69 Å². The van der Waals surface area contributed by atoms with Gasteiger partial charge in [-0.3, -0.25) is 9.69 Å². The number of benzene rings is 2. The van der Waals surface area contributed by atoms with Crippen molar-refractivity contribution < 1.29 is 0 Å². The molecule has 1 aliphatic rings. The normalized spacial score (nSPS) is 14.3. The number of rotatable bonds is 3. The molecule has 2 N–H and O–H groups in total. The number of H-pyrrole nitrogens is 2. The minimum Gasteiger partial charge on any atom is -0.361 e. The van der Waals surface area contributed by atoms with Crippen LogP contribution in [-0.2, 0) is 19.5 Å². The molecule has 0 amide bonds. The first kappa shape index (κ1) is 17.0. The van der Waals surface area contributed by atoms with E-state index in [1.807, 2.05) is 30.3 Å². The van der Waals surface area contributed by atoms with Gasteiger partial charge >= 0.3 is 0 Å². The van der Waals surface area contributed by atoms with E-state index in [-0.39, 0.29) is 5.56 Å². The molecule has 0 unspecified atom stereocenters. The van der Waals surface area contributed by atoms with Crippen molar-refractivity contribution in [1.82, 2.24) is 19.9 Å². The van der Waals surface area contributed by atoms with E-state index in [2.05, 4.69) is 46.2 Å². The van der Waals surface area contributed by atoms with Crippen LogP contribution in [0.1, 0.15) is 22.4 Å². The quantitative estimate of drug-likeness (QED) is 0.577. The predicted octanol–water partition coefficient (Wildman–Crippen LogP) is 3.78. The molecule has 2 aromatic carbocycles. The number of fused-ring (bicyclic) bond motifs is 2. The summed E-state index contributed by atoms with van der Waals surface area (Å²) in [4.78, 5) is 26.1. The maximum atomic E-state index is 12.6. The van der Waals surface area contributed by atoms with E-state index in [0.29, 0.717) is 12.4 Å². The molecular weight excluding hydrogens is 348 g/mol. The Hall–Kier alpha value is -3.18. The number of hydrogen-bond donors (Lipinski definition) is 2. The highest BCUT2D eigenvalue weighted by Crippen LogP contribution is 2.24. The molecule has 28 heavy (non-hydrogen) atoms. The lowest BCUT2D eigenvalue weighted by molar-refractivity contribution is 0.241. The highest BCUT2D eigenvalue weighted by Gasteiger charge is 2.22. The molecule has 0 fully saturated rings. The van der Waals surface area contributed by atoms with Gasteiger partial charge in [0.2, 0.25) is 0 Å². The topological polar surface area (TPSA) is 64.8 Å². The highest BCUT2D eigenvalue weighted by molar-refractivity contribution is 5.83. The van der Waals surface area contributed by atoms with Gasteiger partial charge < -0.3 is 9.97 Å². The smallest absolute Gasteiger partial charge is 0.254 e. The van der Waals surface area contributed by atoms with Crippen molar-refractivity contribution in [2.24, 2.45) is 0 Å². The Morgan fingerprint density at radius 1 is 1.14 bits per heavy atom. The van der Waals surface area contributed by atoms with Crippen LogP contribution in [0.3, 0.4) is 0 Å². The summed E-state index contributed by atoms with van der Waals surface area (Å²) in [6, 6.07) is 16.3. The lowest BCUT2D eigenvalue weighted by Crippen LogP contribution is -2.35. The first-order chi connectivity index (χ1) is 13.7. The lowest BCUT2D eigenvalue weighted by Gasteiger charge is -2.27. The summed E-state index contributed by atoms with van der Waals surface area (Å²) in [7, 11) is 0. The second-order valence-electron chi connectivity index (χ2n) is 7.53. The molecule has 0 saturated carbocycles. The number of aromatic amines is 2. The summed E-state index contributed by atoms with van der Waals surface area (Å²) in [5.74, 6) is 0.647. The zero-order valence-electron chi connectivity index (χ0n) is 15.8. The summed E-state index contributed by atoms with van der Waals surface area (Å²) in [6.45, 7) is 4.52. The Bertz CT molecular complexity index is 1210. The third kappa shape index (κ3) is 3.04. The second-order valence-corrected chi connectivity index (χ2v) is 7.53. The maximum absolute atomic E-state index is 12.6. The molecule has 3 heterocycles. The maximum Gasteiger partial charge on any atom is 0.254 e. The molecule has 2 aromatic heterocycles. The third-order valence-corrected chi connectivity index (χ3v) is 5.52. The van der Waals surface area contributed by atoms with Crippen molar-refractivity contribution in [1.29, 1.82) is 0 Å². The summed E-state index contributed by atoms with van der Waals surface area (Å²) in [6.07, 6.45) is 2.83. The van der Waals surface area contributed by atoms with Crippen molar-refractivity contribution in [2.45, 2.75) is 26.4 Å². The fourth-order valence-corrected chi connectivity index (χ4v) is 4.03. The van der Waals surface area contributed by atoms with Gasteiger partial charge in [0.15, 0.2) is 0 Å². The van der Waals surface area contributed by atoms with Crippen molar-refractivity contribution in [3.8, 4) is 11.4 Å². The number of aromatic nitrogens is 3. The largest absolute Gasteiger partial charge is 0.361 e. The first-order valence-electron chi connectivity index (χ1n) is 9.64. The molecule has 0 atom stereocenters. The van der Waals surface area contributed by atoms with Crippen molar-refractivity contribution in [3.05, 3.63) is 87.5 Å². The Labute approximate surface area is 163 Å². The Morgan fingerprint density at radius 3 is 2.86 bits per heavy atom. The van der Waals surface area contributed by atoms with Crippen LogP contribution in [0.25, 0.3) is 22.3 Å². The average molecular weight is 370 g/mol. The van der Waals surface area contributed by atoms with Gasteiger partial charge in [-0.25, -0.2) is 4.98 Å². The molecule has 0 spiro atoms. The number of nitrogens with one attached hydrogen (secondary N) is 2. The van der Waals surface area contributed by atoms with Gasteiger partial charge in [-0.15, -0.1) is 0 Å². The van der Waals surface area contributed by atoms with Crippen LogP contribution in [0.2, 0.25) is 0 Å². The Balaban J connectivity index is 1.45. The van der Waals surface area contributed by atoms with Crippen LogP contribution in [0.5, 0.6) is 0 Å². The summed E-state index contributed by atoms with van der Waals surface area (Å²) >= 11 is 0. The Kier molecular flexibility index (Phi) is 4.10. The van der Waals surface area contributed by atoms with E-state index in [1.165, 1.54) is 22.0 Å². The fourth-order valence-electron chi connectivity index (χ4n) is 4.03. The number of aryl methyl sites for hydroxylation is 1. The minimum atomic E-state index is -0.00813. The molecule has 1 aliphatic heterocycles. The molecule has 0 radical (unpaired) electrons. The number of hydrogen-bond acceptors (Lipinski definition) is 3. The zero-order chi connectivity index (χ0) is 19.1. The van der Waals surface area contributed by atoms with Crippen molar-refractivity contribution >= 4 is 10.9 Å². The van der Waals surface area contributed by atoms with E-state index in [4.69, 9.17) is 4.98 Å². The zero-order valence-corrected chi connectivity index (χ0v) is 15.8. The molecule has 0 bridgehead atoms. The van der Waals surface area contributed by atoms with Crippen LogP contribution in [0, 0.1) is 6.92 Å². The molecule has 5 rings (SSSR count). The molecule has 5 heteroatoms.